The summed E-state index contributed by atoms with van der Waals surface area (Å²) in [6.45, 7) is 0. The van der Waals surface area contributed by atoms with Crippen LogP contribution in [0.3, 0.4) is 0 Å². The molecule has 0 bridgehead atoms. The Kier molecular flexibility index (Phi) is 2.99. The molecule has 1 nitrogen and oxygen atoms in total. The third-order valence-corrected chi connectivity index (χ3v) is 4.74. The van der Waals surface area contributed by atoms with Crippen LogP contribution in [0.4, 0.5) is 0 Å². The first kappa shape index (κ1) is 12.0. The van der Waals surface area contributed by atoms with Crippen molar-refractivity contribution in [3.05, 3.63) is 59.2 Å². The van der Waals surface area contributed by atoms with Gasteiger partial charge in [-0.3, -0.25) is 0 Å². The van der Waals surface area contributed by atoms with Crippen LogP contribution in [-0.2, 0) is 6.42 Å². The SMILES string of the molecule is c1ccc2c(c1)Cc1cccc(C3CCCCC3)c1O2. The molecule has 20 heavy (non-hydrogen) atoms. The van der Waals surface area contributed by atoms with Gasteiger partial charge < -0.3 is 4.74 Å². The number of rotatable bonds is 1. The lowest BCUT2D eigenvalue weighted by molar-refractivity contribution is 0.410. The molecule has 1 heterocycles. The van der Waals surface area contributed by atoms with Gasteiger partial charge in [-0.2, -0.15) is 0 Å². The first-order chi connectivity index (χ1) is 9.92. The van der Waals surface area contributed by atoms with E-state index < -0.39 is 0 Å². The minimum Gasteiger partial charge on any atom is -0.456 e. The van der Waals surface area contributed by atoms with Crippen LogP contribution >= 0.6 is 0 Å². The van der Waals surface area contributed by atoms with Crippen LogP contribution in [0, 0.1) is 0 Å². The Morgan fingerprint density at radius 3 is 2.50 bits per heavy atom. The lowest BCUT2D eigenvalue weighted by Gasteiger charge is -2.28. The zero-order valence-electron chi connectivity index (χ0n) is 11.8. The van der Waals surface area contributed by atoms with Crippen molar-refractivity contribution in [3.8, 4) is 11.5 Å². The van der Waals surface area contributed by atoms with Gasteiger partial charge >= 0.3 is 0 Å². The highest BCUT2D eigenvalue weighted by Crippen LogP contribution is 2.44. The molecule has 1 fully saturated rings. The van der Waals surface area contributed by atoms with Crippen molar-refractivity contribution in [2.45, 2.75) is 44.4 Å². The van der Waals surface area contributed by atoms with Crippen LogP contribution in [0.25, 0.3) is 0 Å². The molecule has 0 atom stereocenters. The number of fused-ring (bicyclic) bond motifs is 2. The number of ether oxygens (including phenoxy) is 1. The Bertz CT molecular complexity index is 623. The number of para-hydroxylation sites is 2. The van der Waals surface area contributed by atoms with Crippen molar-refractivity contribution >= 4 is 0 Å². The van der Waals surface area contributed by atoms with Gasteiger partial charge in [0.25, 0.3) is 0 Å². The van der Waals surface area contributed by atoms with E-state index in [2.05, 4.69) is 42.5 Å². The van der Waals surface area contributed by atoms with E-state index in [1.807, 2.05) is 0 Å². The van der Waals surface area contributed by atoms with E-state index in [0.717, 1.165) is 17.9 Å². The fraction of sp³-hybridized carbons (Fsp3) is 0.368. The van der Waals surface area contributed by atoms with Gasteiger partial charge in [0.15, 0.2) is 0 Å². The first-order valence-electron chi connectivity index (χ1n) is 7.79. The summed E-state index contributed by atoms with van der Waals surface area (Å²) in [5.74, 6) is 2.89. The summed E-state index contributed by atoms with van der Waals surface area (Å²) < 4.78 is 6.26. The molecule has 0 radical (unpaired) electrons. The first-order valence-corrected chi connectivity index (χ1v) is 7.79. The quantitative estimate of drug-likeness (QED) is 0.569. The van der Waals surface area contributed by atoms with Crippen LogP contribution in [-0.4, -0.2) is 0 Å². The summed E-state index contributed by atoms with van der Waals surface area (Å²) in [4.78, 5) is 0. The topological polar surface area (TPSA) is 9.23 Å². The highest BCUT2D eigenvalue weighted by molar-refractivity contribution is 5.54. The van der Waals surface area contributed by atoms with Crippen LogP contribution in [0.5, 0.6) is 11.5 Å². The van der Waals surface area contributed by atoms with Gasteiger partial charge in [-0.1, -0.05) is 55.7 Å². The van der Waals surface area contributed by atoms with E-state index in [9.17, 15) is 0 Å². The molecule has 0 saturated heterocycles. The van der Waals surface area contributed by atoms with Crippen molar-refractivity contribution in [1.82, 2.24) is 0 Å². The van der Waals surface area contributed by atoms with Crippen LogP contribution in [0.15, 0.2) is 42.5 Å². The van der Waals surface area contributed by atoms with Gasteiger partial charge in [0.2, 0.25) is 0 Å². The number of benzene rings is 2. The summed E-state index contributed by atoms with van der Waals surface area (Å²) in [6.07, 6.45) is 7.78. The van der Waals surface area contributed by atoms with E-state index in [4.69, 9.17) is 4.74 Å². The molecule has 2 aromatic rings. The maximum Gasteiger partial charge on any atom is 0.134 e. The normalized spacial score (nSPS) is 18.0. The van der Waals surface area contributed by atoms with Gasteiger partial charge in [0, 0.05) is 6.42 Å². The van der Waals surface area contributed by atoms with Gasteiger partial charge in [0.1, 0.15) is 11.5 Å². The molecule has 0 N–H and O–H groups in total. The van der Waals surface area contributed by atoms with Gasteiger partial charge in [-0.15, -0.1) is 0 Å². The van der Waals surface area contributed by atoms with Gasteiger partial charge in [0.05, 0.1) is 0 Å². The van der Waals surface area contributed by atoms with Crippen LogP contribution in [0.2, 0.25) is 0 Å². The van der Waals surface area contributed by atoms with E-state index in [0.29, 0.717) is 5.92 Å². The molecule has 0 spiro atoms. The van der Waals surface area contributed by atoms with Gasteiger partial charge in [-0.25, -0.2) is 0 Å². The van der Waals surface area contributed by atoms with Crippen molar-refractivity contribution < 1.29 is 4.74 Å². The molecule has 2 aromatic carbocycles. The second-order valence-electron chi connectivity index (χ2n) is 6.06. The van der Waals surface area contributed by atoms with Crippen molar-refractivity contribution in [2.24, 2.45) is 0 Å². The Morgan fingerprint density at radius 2 is 1.60 bits per heavy atom. The molecule has 0 amide bonds. The molecular formula is C19H20O. The fourth-order valence-corrected chi connectivity index (χ4v) is 3.67. The van der Waals surface area contributed by atoms with Crippen LogP contribution in [0.1, 0.15) is 54.7 Å². The summed E-state index contributed by atoms with van der Waals surface area (Å²) in [7, 11) is 0. The molecular weight excluding hydrogens is 244 g/mol. The monoisotopic (exact) mass is 264 g/mol. The third kappa shape index (κ3) is 2.02. The minimum atomic E-state index is 0.698. The summed E-state index contributed by atoms with van der Waals surface area (Å²) >= 11 is 0. The second kappa shape index (κ2) is 4.97. The predicted octanol–water partition coefficient (Wildman–Crippen LogP) is 5.43. The highest BCUT2D eigenvalue weighted by Gasteiger charge is 2.24. The maximum absolute atomic E-state index is 6.26. The lowest BCUT2D eigenvalue weighted by Crippen LogP contribution is -2.10. The standard InChI is InChI=1S/C19H20O/c1-2-7-14(8-3-1)17-11-6-10-16-13-15-9-4-5-12-18(15)20-19(16)17/h4-6,9-12,14H,1-3,7-8,13H2. The predicted molar refractivity (Wildman–Crippen MR) is 81.6 cm³/mol. The van der Waals surface area contributed by atoms with E-state index in [1.165, 1.54) is 48.8 Å². The number of hydrogen-bond donors (Lipinski definition) is 0. The van der Waals surface area contributed by atoms with Crippen LogP contribution < -0.4 is 4.74 Å². The molecule has 0 unspecified atom stereocenters. The molecule has 1 aliphatic carbocycles. The van der Waals surface area contributed by atoms with Crippen molar-refractivity contribution in [1.29, 1.82) is 0 Å². The molecule has 1 aliphatic heterocycles. The largest absolute Gasteiger partial charge is 0.456 e. The van der Waals surface area contributed by atoms with Crippen molar-refractivity contribution in [2.75, 3.05) is 0 Å². The molecule has 0 aromatic heterocycles. The smallest absolute Gasteiger partial charge is 0.134 e. The highest BCUT2D eigenvalue weighted by atomic mass is 16.5. The molecule has 1 heteroatoms. The third-order valence-electron chi connectivity index (χ3n) is 4.74. The number of hydrogen-bond acceptors (Lipinski definition) is 1. The van der Waals surface area contributed by atoms with E-state index in [-0.39, 0.29) is 0 Å². The Morgan fingerprint density at radius 1 is 0.800 bits per heavy atom. The Balaban J connectivity index is 1.74. The van der Waals surface area contributed by atoms with Gasteiger partial charge in [-0.05, 0) is 41.5 Å². The van der Waals surface area contributed by atoms with Crippen molar-refractivity contribution in [3.63, 3.8) is 0 Å². The van der Waals surface area contributed by atoms with E-state index in [1.54, 1.807) is 0 Å². The summed E-state index contributed by atoms with van der Waals surface area (Å²) in [6, 6.07) is 15.1. The van der Waals surface area contributed by atoms with E-state index >= 15 is 0 Å². The molecule has 2 aliphatic rings. The molecule has 102 valence electrons. The second-order valence-corrected chi connectivity index (χ2v) is 6.06. The zero-order chi connectivity index (χ0) is 13.4. The Labute approximate surface area is 120 Å². The summed E-state index contributed by atoms with van der Waals surface area (Å²) in [5, 5.41) is 0. The molecule has 1 saturated carbocycles. The average molecular weight is 264 g/mol. The maximum atomic E-state index is 6.26. The Hall–Kier alpha value is -1.76. The zero-order valence-corrected chi connectivity index (χ0v) is 11.8. The minimum absolute atomic E-state index is 0.698. The lowest BCUT2D eigenvalue weighted by atomic mass is 9.82. The fourth-order valence-electron chi connectivity index (χ4n) is 3.67. The average Bonchev–Trinajstić information content (AvgIpc) is 2.53. The summed E-state index contributed by atoms with van der Waals surface area (Å²) in [5.41, 5.74) is 4.10. The molecule has 4 rings (SSSR count).